The Kier molecular flexibility index (Phi) is 8.03. The van der Waals surface area contributed by atoms with Gasteiger partial charge in [0.2, 0.25) is 15.9 Å². The minimum Gasteiger partial charge on any atom is -0.495 e. The molecule has 0 aromatic heterocycles. The normalized spacial score (nSPS) is 11.4. The van der Waals surface area contributed by atoms with E-state index in [0.29, 0.717) is 27.0 Å². The van der Waals surface area contributed by atoms with Gasteiger partial charge in [-0.15, -0.1) is 0 Å². The first-order valence-corrected chi connectivity index (χ1v) is 11.9. The van der Waals surface area contributed by atoms with Crippen molar-refractivity contribution in [2.24, 2.45) is 0 Å². The molecule has 0 heterocycles. The second-order valence-electron chi connectivity index (χ2n) is 6.72. The van der Waals surface area contributed by atoms with Crippen molar-refractivity contribution in [2.45, 2.75) is 11.4 Å². The minimum atomic E-state index is -4.04. The van der Waals surface area contributed by atoms with Crippen LogP contribution >= 0.6 is 34.8 Å². The van der Waals surface area contributed by atoms with Crippen molar-refractivity contribution in [1.29, 1.82) is 0 Å². The minimum absolute atomic E-state index is 0.00653. The molecular weight excluding hydrogens is 495 g/mol. The van der Waals surface area contributed by atoms with Crippen LogP contribution in [0, 0.1) is 0 Å². The number of hydrogen-bond acceptors (Lipinski definition) is 4. The average molecular weight is 514 g/mol. The molecule has 0 fully saturated rings. The number of rotatable bonds is 8. The Morgan fingerprint density at radius 3 is 2.31 bits per heavy atom. The van der Waals surface area contributed by atoms with Crippen LogP contribution in [0.3, 0.4) is 0 Å². The molecule has 168 valence electrons. The summed E-state index contributed by atoms with van der Waals surface area (Å²) in [5, 5.41) is 3.72. The molecule has 3 rings (SSSR count). The Morgan fingerprint density at radius 2 is 1.66 bits per heavy atom. The summed E-state index contributed by atoms with van der Waals surface area (Å²) >= 11 is 17.9. The second kappa shape index (κ2) is 10.6. The molecule has 6 nitrogen and oxygen atoms in total. The zero-order valence-electron chi connectivity index (χ0n) is 16.9. The van der Waals surface area contributed by atoms with Crippen LogP contribution in [-0.4, -0.2) is 32.3 Å². The van der Waals surface area contributed by atoms with Crippen molar-refractivity contribution in [2.75, 3.05) is 19.0 Å². The van der Waals surface area contributed by atoms with Gasteiger partial charge in [-0.2, -0.15) is 4.31 Å². The molecule has 32 heavy (non-hydrogen) atoms. The molecular formula is C22H19Cl3N2O4S. The molecule has 0 saturated heterocycles. The van der Waals surface area contributed by atoms with Crippen LogP contribution in [0.15, 0.2) is 71.6 Å². The first-order valence-electron chi connectivity index (χ1n) is 9.33. The maximum Gasteiger partial charge on any atom is 0.243 e. The SMILES string of the molecule is COc1ccccc1NC(=O)CN(Cc1ccc(Cl)c(Cl)c1)S(=O)(=O)c1ccc(Cl)cc1. The summed E-state index contributed by atoms with van der Waals surface area (Å²) in [5.74, 6) is -0.0791. The van der Waals surface area contributed by atoms with Crippen molar-refractivity contribution in [1.82, 2.24) is 4.31 Å². The third kappa shape index (κ3) is 5.94. The number of hydrogen-bond donors (Lipinski definition) is 1. The summed E-state index contributed by atoms with van der Waals surface area (Å²) in [6.07, 6.45) is 0. The van der Waals surface area contributed by atoms with Gasteiger partial charge in [-0.25, -0.2) is 8.42 Å². The fourth-order valence-corrected chi connectivity index (χ4v) is 4.75. The molecule has 0 aliphatic heterocycles. The number of nitrogens with one attached hydrogen (secondary N) is 1. The van der Waals surface area contributed by atoms with Crippen LogP contribution < -0.4 is 10.1 Å². The van der Waals surface area contributed by atoms with Crippen LogP contribution in [0.2, 0.25) is 15.1 Å². The van der Waals surface area contributed by atoms with Crippen molar-refractivity contribution in [3.05, 3.63) is 87.4 Å². The van der Waals surface area contributed by atoms with Crippen LogP contribution in [0.1, 0.15) is 5.56 Å². The highest BCUT2D eigenvalue weighted by Gasteiger charge is 2.27. The molecule has 0 unspecified atom stereocenters. The topological polar surface area (TPSA) is 75.7 Å². The smallest absolute Gasteiger partial charge is 0.243 e. The van der Waals surface area contributed by atoms with Crippen molar-refractivity contribution in [3.63, 3.8) is 0 Å². The quantitative estimate of drug-likeness (QED) is 0.432. The fraction of sp³-hybridized carbons (Fsp3) is 0.136. The number of anilines is 1. The molecule has 3 aromatic carbocycles. The Bertz CT molecular complexity index is 1220. The van der Waals surface area contributed by atoms with Gasteiger partial charge in [0.25, 0.3) is 0 Å². The Hall–Kier alpha value is -2.29. The average Bonchev–Trinajstić information content (AvgIpc) is 2.76. The number of para-hydroxylation sites is 2. The number of benzene rings is 3. The van der Waals surface area contributed by atoms with E-state index in [1.54, 1.807) is 42.5 Å². The molecule has 1 amide bonds. The first kappa shape index (κ1) is 24.4. The van der Waals surface area contributed by atoms with Gasteiger partial charge in [-0.05, 0) is 54.1 Å². The van der Waals surface area contributed by atoms with Crippen LogP contribution in [0.4, 0.5) is 5.69 Å². The summed E-state index contributed by atoms with van der Waals surface area (Å²) < 4.78 is 32.9. The number of carbonyl (C=O) groups is 1. The predicted octanol–water partition coefficient (Wildman–Crippen LogP) is 5.49. The number of methoxy groups -OCH3 is 1. The van der Waals surface area contributed by atoms with Gasteiger partial charge < -0.3 is 10.1 Å². The fourth-order valence-electron chi connectivity index (χ4n) is 2.92. The standard InChI is InChI=1S/C22H19Cl3N2O4S/c1-31-21-5-3-2-4-20(21)26-22(28)14-27(13-15-6-11-18(24)19(25)12-15)32(29,30)17-9-7-16(23)8-10-17/h2-12H,13-14H2,1H3,(H,26,28). The predicted molar refractivity (Wildman–Crippen MR) is 127 cm³/mol. The molecule has 10 heteroatoms. The summed E-state index contributed by atoms with van der Waals surface area (Å²) in [4.78, 5) is 12.8. The van der Waals surface area contributed by atoms with Gasteiger partial charge in [-0.3, -0.25) is 4.79 Å². The Balaban J connectivity index is 1.91. The number of amides is 1. The number of carbonyl (C=O) groups excluding carboxylic acids is 1. The molecule has 0 atom stereocenters. The van der Waals surface area contributed by atoms with E-state index in [4.69, 9.17) is 39.5 Å². The van der Waals surface area contributed by atoms with Gasteiger partial charge in [0.1, 0.15) is 5.75 Å². The van der Waals surface area contributed by atoms with Gasteiger partial charge >= 0.3 is 0 Å². The van der Waals surface area contributed by atoms with Gasteiger partial charge in [0.05, 0.1) is 34.3 Å². The lowest BCUT2D eigenvalue weighted by Gasteiger charge is -2.22. The highest BCUT2D eigenvalue weighted by Crippen LogP contribution is 2.26. The highest BCUT2D eigenvalue weighted by atomic mass is 35.5. The van der Waals surface area contributed by atoms with Crippen molar-refractivity contribution in [3.8, 4) is 5.75 Å². The zero-order chi connectivity index (χ0) is 23.3. The molecule has 0 saturated carbocycles. The third-order valence-corrected chi connectivity index (χ3v) is 7.29. The van der Waals surface area contributed by atoms with E-state index in [1.807, 2.05) is 0 Å². The number of ether oxygens (including phenoxy) is 1. The molecule has 0 radical (unpaired) electrons. The molecule has 0 aliphatic carbocycles. The molecule has 0 spiro atoms. The van der Waals surface area contributed by atoms with Gasteiger partial charge in [0, 0.05) is 11.6 Å². The zero-order valence-corrected chi connectivity index (χ0v) is 20.0. The van der Waals surface area contributed by atoms with E-state index in [1.165, 1.54) is 31.4 Å². The number of halogens is 3. The lowest BCUT2D eigenvalue weighted by molar-refractivity contribution is -0.116. The van der Waals surface area contributed by atoms with Crippen molar-refractivity contribution < 1.29 is 17.9 Å². The van der Waals surface area contributed by atoms with Crippen LogP contribution in [0.25, 0.3) is 0 Å². The maximum absolute atomic E-state index is 13.3. The van der Waals surface area contributed by atoms with Gasteiger partial charge in [0.15, 0.2) is 0 Å². The Morgan fingerprint density at radius 1 is 0.969 bits per heavy atom. The number of sulfonamides is 1. The largest absolute Gasteiger partial charge is 0.495 e. The number of nitrogens with zero attached hydrogens (tertiary/aromatic N) is 1. The lowest BCUT2D eigenvalue weighted by Crippen LogP contribution is -2.37. The maximum atomic E-state index is 13.3. The molecule has 3 aromatic rings. The highest BCUT2D eigenvalue weighted by molar-refractivity contribution is 7.89. The van der Waals surface area contributed by atoms with E-state index < -0.39 is 22.5 Å². The summed E-state index contributed by atoms with van der Waals surface area (Å²) in [7, 11) is -2.56. The summed E-state index contributed by atoms with van der Waals surface area (Å²) in [6, 6.07) is 17.3. The Labute approximate surface area is 201 Å². The van der Waals surface area contributed by atoms with Crippen LogP contribution in [-0.2, 0) is 21.4 Å². The van der Waals surface area contributed by atoms with E-state index in [-0.39, 0.29) is 16.5 Å². The van der Waals surface area contributed by atoms with E-state index in [2.05, 4.69) is 5.32 Å². The van der Waals surface area contributed by atoms with Gasteiger partial charge in [-0.1, -0.05) is 53.0 Å². The molecule has 0 bridgehead atoms. The van der Waals surface area contributed by atoms with Crippen molar-refractivity contribution >= 4 is 56.4 Å². The van der Waals surface area contributed by atoms with E-state index in [9.17, 15) is 13.2 Å². The van der Waals surface area contributed by atoms with E-state index in [0.717, 1.165) is 4.31 Å². The second-order valence-corrected chi connectivity index (χ2v) is 9.91. The van der Waals surface area contributed by atoms with Crippen LogP contribution in [0.5, 0.6) is 5.75 Å². The van der Waals surface area contributed by atoms with E-state index >= 15 is 0 Å². The summed E-state index contributed by atoms with van der Waals surface area (Å²) in [6.45, 7) is -0.537. The first-order chi connectivity index (χ1) is 15.2. The summed E-state index contributed by atoms with van der Waals surface area (Å²) in [5.41, 5.74) is 1.00. The molecule has 0 aliphatic rings. The lowest BCUT2D eigenvalue weighted by atomic mass is 10.2. The monoisotopic (exact) mass is 512 g/mol. The molecule has 1 N–H and O–H groups in total. The third-order valence-electron chi connectivity index (χ3n) is 4.50.